The van der Waals surface area contributed by atoms with Crippen molar-refractivity contribution in [3.8, 4) is 0 Å². The lowest BCUT2D eigenvalue weighted by Crippen LogP contribution is -2.27. The lowest BCUT2D eigenvalue weighted by molar-refractivity contribution is -0.128. The van der Waals surface area contributed by atoms with Gasteiger partial charge >= 0.3 is 0 Å². The summed E-state index contributed by atoms with van der Waals surface area (Å²) >= 11 is 1.30. The molecule has 1 amide bonds. The van der Waals surface area contributed by atoms with Crippen LogP contribution in [0.5, 0.6) is 0 Å². The zero-order chi connectivity index (χ0) is 14.7. The molecule has 7 heteroatoms. The normalized spacial score (nSPS) is 12.2. The minimum atomic E-state index is -0.392. The van der Waals surface area contributed by atoms with Crippen LogP contribution in [-0.2, 0) is 4.79 Å². The SMILES string of the molecule is Cc1nnc(S[C@H](C(=O)N(C)C)c2ccccc2)n1N. The molecule has 0 aliphatic rings. The maximum absolute atomic E-state index is 12.4. The summed E-state index contributed by atoms with van der Waals surface area (Å²) in [5, 5.41) is 8.04. The third-order valence-electron chi connectivity index (χ3n) is 2.83. The van der Waals surface area contributed by atoms with Crippen LogP contribution in [0.15, 0.2) is 35.5 Å². The molecule has 0 unspecified atom stereocenters. The first-order chi connectivity index (χ1) is 9.50. The number of aryl methyl sites for hydroxylation is 1. The lowest BCUT2D eigenvalue weighted by atomic mass is 10.1. The van der Waals surface area contributed by atoms with Crippen molar-refractivity contribution in [1.82, 2.24) is 19.8 Å². The van der Waals surface area contributed by atoms with Gasteiger partial charge in [-0.2, -0.15) is 0 Å². The van der Waals surface area contributed by atoms with Crippen molar-refractivity contribution in [2.75, 3.05) is 19.9 Å². The zero-order valence-corrected chi connectivity index (χ0v) is 12.5. The van der Waals surface area contributed by atoms with Crippen LogP contribution in [-0.4, -0.2) is 39.8 Å². The number of hydrogen-bond acceptors (Lipinski definition) is 5. The standard InChI is InChI=1S/C13H17N5OS/c1-9-15-16-13(18(9)14)20-11(12(19)17(2)3)10-7-5-4-6-8-10/h4-8,11H,14H2,1-3H3/t11-/m0/s1. The van der Waals surface area contributed by atoms with E-state index in [2.05, 4.69) is 10.2 Å². The molecule has 1 aromatic carbocycles. The average molecular weight is 291 g/mol. The van der Waals surface area contributed by atoms with Crippen molar-refractivity contribution in [1.29, 1.82) is 0 Å². The van der Waals surface area contributed by atoms with Crippen LogP contribution in [0.3, 0.4) is 0 Å². The number of carbonyl (C=O) groups is 1. The summed E-state index contributed by atoms with van der Waals surface area (Å²) in [4.78, 5) is 13.9. The topological polar surface area (TPSA) is 77.0 Å². The summed E-state index contributed by atoms with van der Waals surface area (Å²) in [5.74, 6) is 6.45. The Hall–Kier alpha value is -2.02. The molecular formula is C13H17N5OS. The van der Waals surface area contributed by atoms with Gasteiger partial charge in [-0.3, -0.25) is 4.79 Å². The van der Waals surface area contributed by atoms with Crippen molar-refractivity contribution < 1.29 is 4.79 Å². The molecule has 6 nitrogen and oxygen atoms in total. The highest BCUT2D eigenvalue weighted by atomic mass is 32.2. The third kappa shape index (κ3) is 2.93. The smallest absolute Gasteiger partial charge is 0.240 e. The molecule has 20 heavy (non-hydrogen) atoms. The number of nitrogens with zero attached hydrogens (tertiary/aromatic N) is 4. The number of rotatable bonds is 4. The first-order valence-corrected chi connectivity index (χ1v) is 6.98. The second-order valence-corrected chi connectivity index (χ2v) is 5.61. The highest BCUT2D eigenvalue weighted by Gasteiger charge is 2.25. The molecule has 0 bridgehead atoms. The van der Waals surface area contributed by atoms with Crippen molar-refractivity contribution in [2.45, 2.75) is 17.3 Å². The molecule has 2 rings (SSSR count). The van der Waals surface area contributed by atoms with Crippen LogP contribution in [0.1, 0.15) is 16.6 Å². The lowest BCUT2D eigenvalue weighted by Gasteiger charge is -2.19. The predicted molar refractivity (Wildman–Crippen MR) is 78.6 cm³/mol. The van der Waals surface area contributed by atoms with Gasteiger partial charge in [0.05, 0.1) is 0 Å². The van der Waals surface area contributed by atoms with Crippen LogP contribution in [0.4, 0.5) is 0 Å². The zero-order valence-electron chi connectivity index (χ0n) is 11.6. The Morgan fingerprint density at radius 2 is 1.95 bits per heavy atom. The van der Waals surface area contributed by atoms with Crippen LogP contribution < -0.4 is 5.84 Å². The molecule has 1 heterocycles. The summed E-state index contributed by atoms with van der Waals surface area (Å²) in [6.45, 7) is 1.77. The van der Waals surface area contributed by atoms with Crippen LogP contribution >= 0.6 is 11.8 Å². The van der Waals surface area contributed by atoms with Crippen molar-refractivity contribution in [2.24, 2.45) is 0 Å². The van der Waals surface area contributed by atoms with E-state index in [1.54, 1.807) is 25.9 Å². The number of nitrogen functional groups attached to an aromatic ring is 1. The Labute approximate surface area is 121 Å². The van der Waals surface area contributed by atoms with Gasteiger partial charge in [-0.05, 0) is 12.5 Å². The Balaban J connectivity index is 2.33. The highest BCUT2D eigenvalue weighted by Crippen LogP contribution is 2.34. The van der Waals surface area contributed by atoms with Crippen LogP contribution in [0.25, 0.3) is 0 Å². The molecule has 0 radical (unpaired) electrons. The Morgan fingerprint density at radius 3 is 2.45 bits per heavy atom. The van der Waals surface area contributed by atoms with E-state index in [-0.39, 0.29) is 5.91 Å². The summed E-state index contributed by atoms with van der Waals surface area (Å²) < 4.78 is 1.39. The number of benzene rings is 1. The molecule has 2 aromatic rings. The molecule has 0 fully saturated rings. The Morgan fingerprint density at radius 1 is 1.30 bits per heavy atom. The van der Waals surface area contributed by atoms with E-state index >= 15 is 0 Å². The molecule has 0 saturated heterocycles. The van der Waals surface area contributed by atoms with Gasteiger partial charge in [0, 0.05) is 14.1 Å². The van der Waals surface area contributed by atoms with Gasteiger partial charge < -0.3 is 10.7 Å². The summed E-state index contributed by atoms with van der Waals surface area (Å²) in [6, 6.07) is 9.57. The summed E-state index contributed by atoms with van der Waals surface area (Å²) in [6.07, 6.45) is 0. The van der Waals surface area contributed by atoms with E-state index in [0.717, 1.165) is 5.56 Å². The van der Waals surface area contributed by atoms with E-state index in [9.17, 15) is 4.79 Å². The van der Waals surface area contributed by atoms with Gasteiger partial charge in [-0.15, -0.1) is 10.2 Å². The Kier molecular flexibility index (Phi) is 4.29. The molecule has 0 saturated carbocycles. The quantitative estimate of drug-likeness (QED) is 0.677. The van der Waals surface area contributed by atoms with E-state index in [1.165, 1.54) is 16.4 Å². The second-order valence-electron chi connectivity index (χ2n) is 4.54. The molecule has 0 spiro atoms. The number of aromatic nitrogens is 3. The molecule has 0 aliphatic carbocycles. The van der Waals surface area contributed by atoms with E-state index in [1.807, 2.05) is 30.3 Å². The summed E-state index contributed by atoms with van der Waals surface area (Å²) in [5.41, 5.74) is 0.914. The first-order valence-electron chi connectivity index (χ1n) is 6.10. The fourth-order valence-corrected chi connectivity index (χ4v) is 2.81. The summed E-state index contributed by atoms with van der Waals surface area (Å²) in [7, 11) is 3.47. The fraction of sp³-hybridized carbons (Fsp3) is 0.308. The van der Waals surface area contributed by atoms with Crippen molar-refractivity contribution in [3.63, 3.8) is 0 Å². The number of thioether (sulfide) groups is 1. The predicted octanol–water partition coefficient (Wildman–Crippen LogP) is 1.22. The average Bonchev–Trinajstić information content (AvgIpc) is 2.76. The van der Waals surface area contributed by atoms with Gasteiger partial charge in [0.15, 0.2) is 0 Å². The fourth-order valence-electron chi connectivity index (χ4n) is 1.66. The molecule has 0 aliphatic heterocycles. The van der Waals surface area contributed by atoms with Gasteiger partial charge in [0.2, 0.25) is 11.1 Å². The van der Waals surface area contributed by atoms with Gasteiger partial charge in [-0.25, -0.2) is 4.68 Å². The van der Waals surface area contributed by atoms with E-state index in [4.69, 9.17) is 5.84 Å². The van der Waals surface area contributed by atoms with Gasteiger partial charge in [-0.1, -0.05) is 42.1 Å². The minimum Gasteiger partial charge on any atom is -0.348 e. The molecule has 1 aromatic heterocycles. The maximum Gasteiger partial charge on any atom is 0.240 e. The van der Waals surface area contributed by atoms with E-state index in [0.29, 0.717) is 11.0 Å². The maximum atomic E-state index is 12.4. The second kappa shape index (κ2) is 5.96. The molecule has 1 atom stereocenters. The third-order valence-corrected chi connectivity index (χ3v) is 4.02. The Bertz CT molecular complexity index is 596. The number of nitrogens with two attached hydrogens (primary N) is 1. The monoisotopic (exact) mass is 291 g/mol. The molecule has 106 valence electrons. The van der Waals surface area contributed by atoms with Crippen LogP contribution in [0.2, 0.25) is 0 Å². The van der Waals surface area contributed by atoms with E-state index < -0.39 is 5.25 Å². The number of amides is 1. The number of carbonyl (C=O) groups excluding carboxylic acids is 1. The van der Waals surface area contributed by atoms with Gasteiger partial charge in [0.1, 0.15) is 11.1 Å². The first kappa shape index (κ1) is 14.4. The van der Waals surface area contributed by atoms with Crippen molar-refractivity contribution in [3.05, 3.63) is 41.7 Å². The largest absolute Gasteiger partial charge is 0.348 e. The van der Waals surface area contributed by atoms with Crippen LogP contribution in [0, 0.1) is 6.92 Å². The molecular weight excluding hydrogens is 274 g/mol. The van der Waals surface area contributed by atoms with Crippen molar-refractivity contribution >= 4 is 17.7 Å². The van der Waals surface area contributed by atoms with Gasteiger partial charge in [0.25, 0.3) is 0 Å². The molecule has 2 N–H and O–H groups in total. The number of hydrogen-bond donors (Lipinski definition) is 1. The number of likely N-dealkylation sites (N-methyl/N-ethyl adjacent to an activating group) is 1. The highest BCUT2D eigenvalue weighted by molar-refractivity contribution is 8.00. The minimum absolute atomic E-state index is 0.0122.